The molecule has 150 valence electrons. The number of hydrogen-bond acceptors (Lipinski definition) is 5. The smallest absolute Gasteiger partial charge is 0.287 e. The van der Waals surface area contributed by atoms with Gasteiger partial charge < -0.3 is 9.73 Å². The van der Waals surface area contributed by atoms with E-state index in [1.165, 1.54) is 29.3 Å². The Balaban J connectivity index is 1.36. The first kappa shape index (κ1) is 18.9. The fourth-order valence-corrected chi connectivity index (χ4v) is 4.75. The number of hydrogen-bond donors (Lipinski definition) is 1. The first-order valence-electron chi connectivity index (χ1n) is 10.1. The highest BCUT2D eigenvalue weighted by molar-refractivity contribution is 7.98. The number of nitrogens with zero attached hydrogens (tertiary/aromatic N) is 2. The Morgan fingerprint density at radius 2 is 1.87 bits per heavy atom. The molecule has 1 N–H and O–H groups in total. The van der Waals surface area contributed by atoms with E-state index in [9.17, 15) is 4.79 Å². The normalized spacial score (nSPS) is 12.8. The van der Waals surface area contributed by atoms with Gasteiger partial charge in [-0.25, -0.2) is 9.97 Å². The van der Waals surface area contributed by atoms with Crippen molar-refractivity contribution in [2.75, 3.05) is 0 Å². The van der Waals surface area contributed by atoms with E-state index in [1.807, 2.05) is 24.3 Å². The van der Waals surface area contributed by atoms with Crippen molar-refractivity contribution in [3.63, 3.8) is 0 Å². The lowest BCUT2D eigenvalue weighted by Crippen LogP contribution is -2.23. The Morgan fingerprint density at radius 1 is 1.03 bits per heavy atom. The SMILES string of the molecule is O=C(NCc1ccc2c(c1)CCC2)c1oc2ccccc2c1CSc1ncccn1. The molecule has 0 bridgehead atoms. The van der Waals surface area contributed by atoms with Gasteiger partial charge in [-0.1, -0.05) is 48.2 Å². The van der Waals surface area contributed by atoms with Crippen LogP contribution in [0.3, 0.4) is 0 Å². The third-order valence-electron chi connectivity index (χ3n) is 5.41. The number of rotatable bonds is 6. The van der Waals surface area contributed by atoms with Gasteiger partial charge in [0.05, 0.1) is 0 Å². The number of aryl methyl sites for hydroxylation is 2. The topological polar surface area (TPSA) is 68.0 Å². The fourth-order valence-electron chi connectivity index (χ4n) is 3.92. The lowest BCUT2D eigenvalue weighted by atomic mass is 10.1. The van der Waals surface area contributed by atoms with E-state index in [1.54, 1.807) is 18.5 Å². The van der Waals surface area contributed by atoms with Crippen molar-refractivity contribution in [1.29, 1.82) is 0 Å². The molecule has 30 heavy (non-hydrogen) atoms. The lowest BCUT2D eigenvalue weighted by Gasteiger charge is -2.07. The van der Waals surface area contributed by atoms with Crippen LogP contribution in [0.2, 0.25) is 0 Å². The van der Waals surface area contributed by atoms with E-state index in [0.29, 0.717) is 28.8 Å². The number of thioether (sulfide) groups is 1. The summed E-state index contributed by atoms with van der Waals surface area (Å²) in [4.78, 5) is 21.5. The molecular weight excluding hydrogens is 394 g/mol. The molecule has 0 atom stereocenters. The van der Waals surface area contributed by atoms with E-state index in [2.05, 4.69) is 33.5 Å². The van der Waals surface area contributed by atoms with Crippen LogP contribution in [0.4, 0.5) is 0 Å². The highest BCUT2D eigenvalue weighted by atomic mass is 32.2. The molecule has 0 saturated heterocycles. The number of benzene rings is 2. The second-order valence-corrected chi connectivity index (χ2v) is 8.31. The summed E-state index contributed by atoms with van der Waals surface area (Å²) in [5, 5.41) is 4.65. The summed E-state index contributed by atoms with van der Waals surface area (Å²) >= 11 is 1.49. The Labute approximate surface area is 178 Å². The van der Waals surface area contributed by atoms with Gasteiger partial charge in [0.25, 0.3) is 5.91 Å². The van der Waals surface area contributed by atoms with Crippen LogP contribution in [0.15, 0.2) is 70.5 Å². The lowest BCUT2D eigenvalue weighted by molar-refractivity contribution is 0.0924. The molecule has 2 aromatic carbocycles. The minimum atomic E-state index is -0.198. The third kappa shape index (κ3) is 3.83. The van der Waals surface area contributed by atoms with Crippen molar-refractivity contribution < 1.29 is 9.21 Å². The first-order chi connectivity index (χ1) is 14.8. The zero-order valence-corrected chi connectivity index (χ0v) is 17.2. The zero-order chi connectivity index (χ0) is 20.3. The summed E-state index contributed by atoms with van der Waals surface area (Å²) in [5.41, 5.74) is 5.54. The van der Waals surface area contributed by atoms with Gasteiger partial charge in [0.15, 0.2) is 10.9 Å². The molecule has 2 heterocycles. The molecule has 0 aliphatic heterocycles. The largest absolute Gasteiger partial charge is 0.451 e. The van der Waals surface area contributed by atoms with Crippen LogP contribution in [0.5, 0.6) is 0 Å². The number of aromatic nitrogens is 2. The maximum Gasteiger partial charge on any atom is 0.287 e. The van der Waals surface area contributed by atoms with Gasteiger partial charge in [-0.2, -0.15) is 0 Å². The Hall–Kier alpha value is -3.12. The molecule has 0 saturated carbocycles. The summed E-state index contributed by atoms with van der Waals surface area (Å²) in [6, 6.07) is 16.0. The van der Waals surface area contributed by atoms with E-state index in [4.69, 9.17) is 4.42 Å². The van der Waals surface area contributed by atoms with Gasteiger partial charge >= 0.3 is 0 Å². The summed E-state index contributed by atoms with van der Waals surface area (Å²) < 4.78 is 5.95. The average molecular weight is 416 g/mol. The number of carbonyl (C=O) groups excluding carboxylic acids is 1. The van der Waals surface area contributed by atoms with E-state index >= 15 is 0 Å². The minimum Gasteiger partial charge on any atom is -0.451 e. The van der Waals surface area contributed by atoms with Crippen molar-refractivity contribution in [3.05, 3.63) is 88.9 Å². The predicted molar refractivity (Wildman–Crippen MR) is 117 cm³/mol. The quantitative estimate of drug-likeness (QED) is 0.357. The van der Waals surface area contributed by atoms with Crippen LogP contribution in [-0.4, -0.2) is 15.9 Å². The number of fused-ring (bicyclic) bond motifs is 2. The van der Waals surface area contributed by atoms with Gasteiger partial charge in [0, 0.05) is 35.6 Å². The molecule has 1 amide bonds. The summed E-state index contributed by atoms with van der Waals surface area (Å²) in [5.74, 6) is 0.722. The highest BCUT2D eigenvalue weighted by Crippen LogP contribution is 2.31. The number of carbonyl (C=O) groups is 1. The average Bonchev–Trinajstić information content (AvgIpc) is 3.41. The van der Waals surface area contributed by atoms with Crippen molar-refractivity contribution in [2.24, 2.45) is 0 Å². The van der Waals surface area contributed by atoms with E-state index < -0.39 is 0 Å². The van der Waals surface area contributed by atoms with Gasteiger partial charge in [0.2, 0.25) is 0 Å². The Bertz CT molecular complexity index is 1200. The standard InChI is InChI=1S/C24H21N3O2S/c28-23(27-14-16-9-10-17-5-3-6-18(17)13-16)22-20(15-30-24-25-11-4-12-26-24)19-7-1-2-8-21(19)29-22/h1-2,4,7-13H,3,5-6,14-15H2,(H,27,28). The Morgan fingerprint density at radius 3 is 2.77 bits per heavy atom. The van der Waals surface area contributed by atoms with E-state index in [-0.39, 0.29) is 5.91 Å². The number of para-hydroxylation sites is 1. The molecule has 0 unspecified atom stereocenters. The van der Waals surface area contributed by atoms with Crippen LogP contribution in [0.1, 0.15) is 39.2 Å². The van der Waals surface area contributed by atoms with Crippen molar-refractivity contribution in [1.82, 2.24) is 15.3 Å². The highest BCUT2D eigenvalue weighted by Gasteiger charge is 2.21. The third-order valence-corrected chi connectivity index (χ3v) is 6.31. The second-order valence-electron chi connectivity index (χ2n) is 7.37. The second kappa shape index (κ2) is 8.32. The molecule has 0 radical (unpaired) electrons. The molecule has 1 aliphatic rings. The fraction of sp³-hybridized carbons (Fsp3) is 0.208. The minimum absolute atomic E-state index is 0.198. The van der Waals surface area contributed by atoms with Gasteiger partial charge in [0.1, 0.15) is 5.58 Å². The van der Waals surface area contributed by atoms with Crippen LogP contribution >= 0.6 is 11.8 Å². The molecule has 6 heteroatoms. The Kier molecular flexibility index (Phi) is 5.24. The maximum absolute atomic E-state index is 13.0. The molecule has 4 aromatic rings. The van der Waals surface area contributed by atoms with Crippen molar-refractivity contribution in [3.8, 4) is 0 Å². The van der Waals surface area contributed by atoms with Crippen molar-refractivity contribution in [2.45, 2.75) is 36.7 Å². The number of nitrogens with one attached hydrogen (secondary N) is 1. The first-order valence-corrected chi connectivity index (χ1v) is 11.1. The van der Waals surface area contributed by atoms with Gasteiger partial charge in [-0.05, 0) is 48.1 Å². The van der Waals surface area contributed by atoms with Crippen LogP contribution in [0, 0.1) is 0 Å². The summed E-state index contributed by atoms with van der Waals surface area (Å²) in [7, 11) is 0. The zero-order valence-electron chi connectivity index (χ0n) is 16.4. The van der Waals surface area contributed by atoms with Crippen LogP contribution in [0.25, 0.3) is 11.0 Å². The van der Waals surface area contributed by atoms with Crippen molar-refractivity contribution >= 4 is 28.6 Å². The van der Waals surface area contributed by atoms with Crippen LogP contribution < -0.4 is 5.32 Å². The molecule has 0 fully saturated rings. The number of amides is 1. The molecule has 2 aromatic heterocycles. The molecule has 5 rings (SSSR count). The van der Waals surface area contributed by atoms with Gasteiger partial charge in [-0.15, -0.1) is 0 Å². The molecular formula is C24H21N3O2S. The van der Waals surface area contributed by atoms with Crippen LogP contribution in [-0.2, 0) is 25.1 Å². The predicted octanol–water partition coefficient (Wildman–Crippen LogP) is 4.93. The molecule has 0 spiro atoms. The molecule has 1 aliphatic carbocycles. The maximum atomic E-state index is 13.0. The monoisotopic (exact) mass is 415 g/mol. The number of furan rings is 1. The summed E-state index contributed by atoms with van der Waals surface area (Å²) in [6.45, 7) is 0.484. The summed E-state index contributed by atoms with van der Waals surface area (Å²) in [6.07, 6.45) is 6.94. The van der Waals surface area contributed by atoms with E-state index in [0.717, 1.165) is 29.4 Å². The molecule has 5 nitrogen and oxygen atoms in total. The van der Waals surface area contributed by atoms with Gasteiger partial charge in [-0.3, -0.25) is 4.79 Å².